The van der Waals surface area contributed by atoms with Gasteiger partial charge in [-0.1, -0.05) is 36.4 Å². The molecule has 0 saturated carbocycles. The topological polar surface area (TPSA) is 38.3 Å². The molecule has 1 N–H and O–H groups in total. The van der Waals surface area contributed by atoms with Crippen LogP contribution in [0, 0.1) is 5.92 Å². The van der Waals surface area contributed by atoms with Gasteiger partial charge in [-0.2, -0.15) is 11.8 Å². The van der Waals surface area contributed by atoms with Crippen molar-refractivity contribution < 1.29 is 9.53 Å². The Hall–Kier alpha value is -1.30. The molecule has 3 rings (SSSR count). The van der Waals surface area contributed by atoms with Crippen molar-refractivity contribution >= 4 is 29.0 Å². The van der Waals surface area contributed by atoms with E-state index >= 15 is 0 Å². The highest BCUT2D eigenvalue weighted by molar-refractivity contribution is 7.98. The van der Waals surface area contributed by atoms with Gasteiger partial charge in [0.1, 0.15) is 0 Å². The third kappa shape index (κ3) is 4.85. The van der Waals surface area contributed by atoms with Gasteiger partial charge in [-0.15, -0.1) is 11.3 Å². The molecule has 1 aliphatic rings. The summed E-state index contributed by atoms with van der Waals surface area (Å²) in [6, 6.07) is 14.3. The van der Waals surface area contributed by atoms with Crippen LogP contribution >= 0.6 is 23.1 Å². The van der Waals surface area contributed by atoms with Crippen molar-refractivity contribution in [3.63, 3.8) is 0 Å². The van der Waals surface area contributed by atoms with Crippen LogP contribution in [0.15, 0.2) is 47.8 Å². The monoisotopic (exact) mass is 361 g/mol. The van der Waals surface area contributed by atoms with Crippen LogP contribution in [0.5, 0.6) is 0 Å². The van der Waals surface area contributed by atoms with Crippen LogP contribution in [0.2, 0.25) is 0 Å². The van der Waals surface area contributed by atoms with Crippen LogP contribution in [-0.2, 0) is 15.3 Å². The predicted octanol–water partition coefficient (Wildman–Crippen LogP) is 4.27. The molecule has 2 heterocycles. The fourth-order valence-electron chi connectivity index (χ4n) is 2.97. The summed E-state index contributed by atoms with van der Waals surface area (Å²) in [4.78, 5) is 14.0. The van der Waals surface area contributed by atoms with Gasteiger partial charge in [0.15, 0.2) is 0 Å². The number of ether oxygens (including phenoxy) is 1. The Morgan fingerprint density at radius 2 is 2.12 bits per heavy atom. The average molecular weight is 362 g/mol. The Labute approximate surface area is 151 Å². The summed E-state index contributed by atoms with van der Waals surface area (Å²) in [5, 5.41) is 5.20. The normalized spacial score (nSPS) is 20.7. The van der Waals surface area contributed by atoms with E-state index in [1.165, 1.54) is 4.88 Å². The molecule has 2 unspecified atom stereocenters. The van der Waals surface area contributed by atoms with E-state index < -0.39 is 0 Å². The molecule has 1 aliphatic heterocycles. The van der Waals surface area contributed by atoms with Crippen LogP contribution in [0.4, 0.5) is 0 Å². The first kappa shape index (κ1) is 17.5. The van der Waals surface area contributed by atoms with E-state index in [0.29, 0.717) is 6.54 Å². The molecule has 128 valence electrons. The quantitative estimate of drug-likeness (QED) is 0.749. The molecule has 0 aliphatic carbocycles. The summed E-state index contributed by atoms with van der Waals surface area (Å²) < 4.78 is 5.91. The average Bonchev–Trinajstić information content (AvgIpc) is 3.15. The molecular formula is C19H23NO2S2. The number of nitrogens with one attached hydrogen (secondary N) is 1. The molecule has 1 aromatic carbocycles. The highest BCUT2D eigenvalue weighted by Gasteiger charge is 2.32. The van der Waals surface area contributed by atoms with Gasteiger partial charge < -0.3 is 10.1 Å². The Morgan fingerprint density at radius 1 is 1.25 bits per heavy atom. The smallest absolute Gasteiger partial charge is 0.226 e. The van der Waals surface area contributed by atoms with Crippen LogP contribution in [-0.4, -0.2) is 24.8 Å². The van der Waals surface area contributed by atoms with E-state index in [9.17, 15) is 4.79 Å². The van der Waals surface area contributed by atoms with Gasteiger partial charge in [-0.3, -0.25) is 4.79 Å². The lowest BCUT2D eigenvalue weighted by atomic mass is 9.89. The van der Waals surface area contributed by atoms with Gasteiger partial charge in [-0.05, 0) is 29.9 Å². The van der Waals surface area contributed by atoms with E-state index in [0.717, 1.165) is 36.5 Å². The number of amides is 1. The van der Waals surface area contributed by atoms with Crippen LogP contribution in [0.3, 0.4) is 0 Å². The first-order valence-corrected chi connectivity index (χ1v) is 10.4. The Balaban J connectivity index is 1.45. The summed E-state index contributed by atoms with van der Waals surface area (Å²) in [5.74, 6) is 2.00. The van der Waals surface area contributed by atoms with Gasteiger partial charge in [0.25, 0.3) is 0 Å². The summed E-state index contributed by atoms with van der Waals surface area (Å²) in [7, 11) is 0. The Kier molecular flexibility index (Phi) is 6.75. The summed E-state index contributed by atoms with van der Waals surface area (Å²) in [6.07, 6.45) is 1.74. The van der Waals surface area contributed by atoms with Gasteiger partial charge in [0.2, 0.25) is 5.91 Å². The van der Waals surface area contributed by atoms with Crippen molar-refractivity contribution in [2.75, 3.05) is 18.9 Å². The zero-order valence-electron chi connectivity index (χ0n) is 13.6. The number of thioether (sulfide) groups is 1. The number of carbonyl (C=O) groups is 1. The minimum Gasteiger partial charge on any atom is -0.373 e. The number of rotatable bonds is 7. The van der Waals surface area contributed by atoms with Crippen molar-refractivity contribution in [2.45, 2.75) is 24.7 Å². The van der Waals surface area contributed by atoms with Gasteiger partial charge in [0.05, 0.1) is 12.0 Å². The molecule has 0 radical (unpaired) electrons. The number of benzene rings is 1. The highest BCUT2D eigenvalue weighted by Crippen LogP contribution is 2.33. The predicted molar refractivity (Wildman–Crippen MR) is 101 cm³/mol. The van der Waals surface area contributed by atoms with Gasteiger partial charge >= 0.3 is 0 Å². The minimum absolute atomic E-state index is 0.0801. The molecule has 24 heavy (non-hydrogen) atoms. The lowest BCUT2D eigenvalue weighted by Crippen LogP contribution is -2.38. The first-order valence-electron chi connectivity index (χ1n) is 8.39. The molecule has 0 bridgehead atoms. The fourth-order valence-corrected chi connectivity index (χ4v) is 4.67. The maximum Gasteiger partial charge on any atom is 0.226 e. The van der Waals surface area contributed by atoms with Crippen molar-refractivity contribution in [2.24, 2.45) is 5.92 Å². The second-order valence-corrected chi connectivity index (χ2v) is 8.01. The van der Waals surface area contributed by atoms with Crippen molar-refractivity contribution in [1.82, 2.24) is 5.32 Å². The molecule has 1 fully saturated rings. The lowest BCUT2D eigenvalue weighted by molar-refractivity contribution is -0.134. The highest BCUT2D eigenvalue weighted by atomic mass is 32.2. The summed E-state index contributed by atoms with van der Waals surface area (Å²) in [6.45, 7) is 1.45. The van der Waals surface area contributed by atoms with Gasteiger partial charge in [0, 0.05) is 29.5 Å². The second kappa shape index (κ2) is 9.25. The first-order chi connectivity index (χ1) is 11.8. The molecule has 1 saturated heterocycles. The lowest BCUT2D eigenvalue weighted by Gasteiger charge is -2.31. The van der Waals surface area contributed by atoms with Crippen LogP contribution in [0.25, 0.3) is 0 Å². The van der Waals surface area contributed by atoms with E-state index in [4.69, 9.17) is 4.74 Å². The van der Waals surface area contributed by atoms with E-state index in [1.807, 2.05) is 42.1 Å². The van der Waals surface area contributed by atoms with Crippen molar-refractivity contribution in [1.29, 1.82) is 0 Å². The maximum absolute atomic E-state index is 12.6. The minimum atomic E-state index is -0.112. The summed E-state index contributed by atoms with van der Waals surface area (Å²) in [5.41, 5.74) is 1.10. The Morgan fingerprint density at radius 3 is 2.92 bits per heavy atom. The number of hydrogen-bond acceptors (Lipinski definition) is 4. The van der Waals surface area contributed by atoms with Crippen molar-refractivity contribution in [3.8, 4) is 0 Å². The SMILES string of the molecule is O=C(NCCSCc1cccs1)C1CCCOC1c1ccccc1. The molecule has 5 heteroatoms. The molecule has 3 nitrogen and oxygen atoms in total. The number of hydrogen-bond donors (Lipinski definition) is 1. The molecule has 1 aromatic heterocycles. The standard InChI is InChI=1S/C19H23NO2S2/c21-19(20-10-13-23-14-16-8-5-12-24-16)17-9-4-11-22-18(17)15-6-2-1-3-7-15/h1-3,5-8,12,17-18H,4,9-11,13-14H2,(H,20,21). The fraction of sp³-hybridized carbons (Fsp3) is 0.421. The third-order valence-corrected chi connectivity index (χ3v) is 6.22. The van der Waals surface area contributed by atoms with Crippen LogP contribution < -0.4 is 5.32 Å². The van der Waals surface area contributed by atoms with Crippen molar-refractivity contribution in [3.05, 3.63) is 58.3 Å². The maximum atomic E-state index is 12.6. The van der Waals surface area contributed by atoms with E-state index in [2.05, 4.69) is 22.8 Å². The van der Waals surface area contributed by atoms with E-state index in [1.54, 1.807) is 11.3 Å². The summed E-state index contributed by atoms with van der Waals surface area (Å²) >= 11 is 3.64. The number of carbonyl (C=O) groups excluding carboxylic acids is 1. The van der Waals surface area contributed by atoms with Crippen LogP contribution in [0.1, 0.15) is 29.4 Å². The zero-order chi connectivity index (χ0) is 16.6. The molecular weight excluding hydrogens is 338 g/mol. The van der Waals surface area contributed by atoms with Gasteiger partial charge in [-0.25, -0.2) is 0 Å². The number of thiophene rings is 1. The largest absolute Gasteiger partial charge is 0.373 e. The molecule has 1 amide bonds. The molecule has 2 aromatic rings. The Bertz CT molecular complexity index is 616. The molecule has 0 spiro atoms. The third-order valence-electron chi connectivity index (χ3n) is 4.16. The second-order valence-electron chi connectivity index (χ2n) is 5.87. The zero-order valence-corrected chi connectivity index (χ0v) is 15.3. The molecule has 2 atom stereocenters. The van der Waals surface area contributed by atoms with E-state index in [-0.39, 0.29) is 17.9 Å².